The Balaban J connectivity index is 2.07. The second kappa shape index (κ2) is 4.91. The molecule has 1 fully saturated rings. The van der Waals surface area contributed by atoms with Crippen LogP contribution in [0.15, 0.2) is 34.9 Å². The van der Waals surface area contributed by atoms with E-state index < -0.39 is 11.9 Å². The SMILES string of the molecule is FC(F)(F)c1cn(C2CCC2)c(-c2ccc(Br)cc2)n1. The Hall–Kier alpha value is -1.30. The van der Waals surface area contributed by atoms with Crippen molar-refractivity contribution >= 4 is 15.9 Å². The first-order valence-electron chi connectivity index (χ1n) is 6.37. The van der Waals surface area contributed by atoms with E-state index in [2.05, 4.69) is 20.9 Å². The third-order valence-corrected chi connectivity index (χ3v) is 4.12. The van der Waals surface area contributed by atoms with Gasteiger partial charge in [-0.15, -0.1) is 0 Å². The van der Waals surface area contributed by atoms with Crippen LogP contribution in [0.3, 0.4) is 0 Å². The van der Waals surface area contributed by atoms with Crippen molar-refractivity contribution in [1.29, 1.82) is 0 Å². The lowest BCUT2D eigenvalue weighted by atomic mass is 9.92. The van der Waals surface area contributed by atoms with Gasteiger partial charge in [-0.05, 0) is 31.4 Å². The van der Waals surface area contributed by atoms with Crippen LogP contribution >= 0.6 is 15.9 Å². The highest BCUT2D eigenvalue weighted by molar-refractivity contribution is 9.10. The smallest absolute Gasteiger partial charge is 0.327 e. The van der Waals surface area contributed by atoms with Gasteiger partial charge in [-0.3, -0.25) is 0 Å². The van der Waals surface area contributed by atoms with Crippen LogP contribution in [0, 0.1) is 0 Å². The molecule has 2 nitrogen and oxygen atoms in total. The molecule has 0 unspecified atom stereocenters. The zero-order valence-corrected chi connectivity index (χ0v) is 12.1. The van der Waals surface area contributed by atoms with Crippen molar-refractivity contribution in [1.82, 2.24) is 9.55 Å². The van der Waals surface area contributed by atoms with E-state index in [9.17, 15) is 13.2 Å². The third kappa shape index (κ3) is 2.49. The van der Waals surface area contributed by atoms with Gasteiger partial charge in [0.25, 0.3) is 0 Å². The number of halogens is 4. The number of hydrogen-bond donors (Lipinski definition) is 0. The van der Waals surface area contributed by atoms with Crippen molar-refractivity contribution in [2.45, 2.75) is 31.5 Å². The van der Waals surface area contributed by atoms with Gasteiger partial charge in [0.2, 0.25) is 0 Å². The number of nitrogens with zero attached hydrogens (tertiary/aromatic N) is 2. The zero-order valence-electron chi connectivity index (χ0n) is 10.5. The molecule has 3 rings (SSSR count). The third-order valence-electron chi connectivity index (χ3n) is 3.59. The lowest BCUT2D eigenvalue weighted by Gasteiger charge is -2.28. The maximum Gasteiger partial charge on any atom is 0.434 e. The quantitative estimate of drug-likeness (QED) is 0.744. The summed E-state index contributed by atoms with van der Waals surface area (Å²) in [5.74, 6) is 0.398. The monoisotopic (exact) mass is 344 g/mol. The van der Waals surface area contributed by atoms with Gasteiger partial charge in [0.15, 0.2) is 5.69 Å². The minimum atomic E-state index is -4.40. The van der Waals surface area contributed by atoms with Gasteiger partial charge in [0, 0.05) is 22.3 Å². The van der Waals surface area contributed by atoms with Crippen molar-refractivity contribution < 1.29 is 13.2 Å². The molecular weight excluding hydrogens is 333 g/mol. The van der Waals surface area contributed by atoms with Crippen LogP contribution in [-0.4, -0.2) is 9.55 Å². The average molecular weight is 345 g/mol. The van der Waals surface area contributed by atoms with Crippen molar-refractivity contribution in [2.24, 2.45) is 0 Å². The molecule has 0 spiro atoms. The van der Waals surface area contributed by atoms with Gasteiger partial charge >= 0.3 is 6.18 Å². The van der Waals surface area contributed by atoms with E-state index in [-0.39, 0.29) is 6.04 Å². The number of rotatable bonds is 2. The highest BCUT2D eigenvalue weighted by Crippen LogP contribution is 2.38. The topological polar surface area (TPSA) is 17.8 Å². The minimum Gasteiger partial charge on any atom is -0.327 e. The second-order valence-electron chi connectivity index (χ2n) is 4.95. The van der Waals surface area contributed by atoms with E-state index in [1.165, 1.54) is 0 Å². The number of benzene rings is 1. The van der Waals surface area contributed by atoms with Crippen LogP contribution in [0.4, 0.5) is 13.2 Å². The van der Waals surface area contributed by atoms with Crippen molar-refractivity contribution in [3.8, 4) is 11.4 Å². The highest BCUT2D eigenvalue weighted by Gasteiger charge is 2.36. The lowest BCUT2D eigenvalue weighted by Crippen LogP contribution is -2.17. The molecule has 106 valence electrons. The summed E-state index contributed by atoms with van der Waals surface area (Å²) in [5, 5.41) is 0. The summed E-state index contributed by atoms with van der Waals surface area (Å²) in [6.45, 7) is 0. The first-order chi connectivity index (χ1) is 9.45. The molecule has 1 aromatic heterocycles. The van der Waals surface area contributed by atoms with Gasteiger partial charge in [0.05, 0.1) is 0 Å². The molecule has 1 aliphatic carbocycles. The molecule has 1 aliphatic rings. The minimum absolute atomic E-state index is 0.136. The maximum absolute atomic E-state index is 12.9. The Morgan fingerprint density at radius 3 is 2.30 bits per heavy atom. The molecule has 0 radical (unpaired) electrons. The molecule has 1 saturated carbocycles. The van der Waals surface area contributed by atoms with Crippen LogP contribution in [0.25, 0.3) is 11.4 Å². The van der Waals surface area contributed by atoms with E-state index in [1.807, 2.05) is 12.1 Å². The van der Waals surface area contributed by atoms with Gasteiger partial charge < -0.3 is 4.57 Å². The number of alkyl halides is 3. The molecule has 1 aromatic carbocycles. The standard InChI is InChI=1S/C14H12BrF3N2/c15-10-6-4-9(5-7-10)13-19-12(14(16,17)18)8-20(13)11-2-1-3-11/h4-8,11H,1-3H2. The normalized spacial score (nSPS) is 16.2. The highest BCUT2D eigenvalue weighted by atomic mass is 79.9. The maximum atomic E-state index is 12.9. The number of hydrogen-bond acceptors (Lipinski definition) is 1. The summed E-state index contributed by atoms with van der Waals surface area (Å²) in [6, 6.07) is 7.31. The van der Waals surface area contributed by atoms with Crippen molar-refractivity contribution in [3.63, 3.8) is 0 Å². The Kier molecular flexibility index (Phi) is 3.36. The van der Waals surface area contributed by atoms with Crippen LogP contribution < -0.4 is 0 Å². The van der Waals surface area contributed by atoms with E-state index in [1.54, 1.807) is 16.7 Å². The predicted molar refractivity (Wildman–Crippen MR) is 73.3 cm³/mol. The van der Waals surface area contributed by atoms with E-state index in [4.69, 9.17) is 0 Å². The summed E-state index contributed by atoms with van der Waals surface area (Å²) < 4.78 is 41.2. The fourth-order valence-corrected chi connectivity index (χ4v) is 2.55. The zero-order chi connectivity index (χ0) is 14.3. The summed E-state index contributed by atoms with van der Waals surface area (Å²) in [4.78, 5) is 3.81. The molecular formula is C14H12BrF3N2. The number of imidazole rings is 1. The Morgan fingerprint density at radius 2 is 1.80 bits per heavy atom. The van der Waals surface area contributed by atoms with Gasteiger partial charge in [-0.25, -0.2) is 4.98 Å². The summed E-state index contributed by atoms with van der Waals surface area (Å²) in [6.07, 6.45) is -0.376. The Labute approximate surface area is 122 Å². The molecule has 0 bridgehead atoms. The van der Waals surface area contributed by atoms with Crippen molar-refractivity contribution in [2.75, 3.05) is 0 Å². The molecule has 0 N–H and O–H groups in total. The molecule has 0 aliphatic heterocycles. The van der Waals surface area contributed by atoms with E-state index >= 15 is 0 Å². The molecule has 20 heavy (non-hydrogen) atoms. The summed E-state index contributed by atoms with van der Waals surface area (Å²) in [5.41, 5.74) is -0.113. The Morgan fingerprint density at radius 1 is 1.15 bits per heavy atom. The molecule has 0 atom stereocenters. The van der Waals surface area contributed by atoms with Gasteiger partial charge in [-0.2, -0.15) is 13.2 Å². The van der Waals surface area contributed by atoms with E-state index in [0.29, 0.717) is 11.4 Å². The van der Waals surface area contributed by atoms with Crippen molar-refractivity contribution in [3.05, 3.63) is 40.6 Å². The molecule has 0 amide bonds. The van der Waals surface area contributed by atoms with Crippen LogP contribution in [-0.2, 0) is 6.18 Å². The van der Waals surface area contributed by atoms with Crippen LogP contribution in [0.1, 0.15) is 31.0 Å². The Bertz CT molecular complexity index is 612. The average Bonchev–Trinajstić information content (AvgIpc) is 2.72. The molecule has 6 heteroatoms. The predicted octanol–water partition coefficient (Wildman–Crippen LogP) is 5.06. The van der Waals surface area contributed by atoms with Crippen LogP contribution in [0.2, 0.25) is 0 Å². The number of aromatic nitrogens is 2. The van der Waals surface area contributed by atoms with Gasteiger partial charge in [0.1, 0.15) is 5.82 Å². The summed E-state index contributed by atoms with van der Waals surface area (Å²) >= 11 is 3.32. The van der Waals surface area contributed by atoms with E-state index in [0.717, 1.165) is 29.9 Å². The largest absolute Gasteiger partial charge is 0.434 e. The molecule has 0 saturated heterocycles. The first-order valence-corrected chi connectivity index (χ1v) is 7.16. The molecule has 2 aromatic rings. The molecule has 1 heterocycles. The summed E-state index contributed by atoms with van der Waals surface area (Å²) in [7, 11) is 0. The lowest BCUT2D eigenvalue weighted by molar-refractivity contribution is -0.140. The second-order valence-corrected chi connectivity index (χ2v) is 5.86. The fraction of sp³-hybridized carbons (Fsp3) is 0.357. The fourth-order valence-electron chi connectivity index (χ4n) is 2.29. The van der Waals surface area contributed by atoms with Gasteiger partial charge in [-0.1, -0.05) is 28.1 Å². The van der Waals surface area contributed by atoms with Crippen LogP contribution in [0.5, 0.6) is 0 Å². The first kappa shape index (κ1) is 13.7.